The predicted molar refractivity (Wildman–Crippen MR) is 162 cm³/mol. The topological polar surface area (TPSA) is 85.2 Å². The van der Waals surface area contributed by atoms with Gasteiger partial charge in [0.05, 0.1) is 27.9 Å². The highest BCUT2D eigenvalue weighted by Gasteiger charge is 2.51. The van der Waals surface area contributed by atoms with Crippen LogP contribution in [0.3, 0.4) is 0 Å². The van der Waals surface area contributed by atoms with Crippen molar-refractivity contribution in [2.75, 3.05) is 6.54 Å². The third kappa shape index (κ3) is 4.90. The molecule has 7 nitrogen and oxygen atoms in total. The molecule has 0 N–H and O–H groups in total. The number of halogens is 2. The zero-order valence-electron chi connectivity index (χ0n) is 24.3. The third-order valence-corrected chi connectivity index (χ3v) is 11.4. The molecule has 2 aromatic heterocycles. The molecule has 2 aromatic carbocycles. The van der Waals surface area contributed by atoms with Crippen LogP contribution in [0.2, 0.25) is 0 Å². The van der Waals surface area contributed by atoms with E-state index < -0.39 is 27.3 Å². The molecule has 0 radical (unpaired) electrons. The molecule has 7 rings (SSSR count). The fraction of sp³-hybridized carbons (Fsp3) is 0.324. The summed E-state index contributed by atoms with van der Waals surface area (Å²) >= 11 is 0. The highest BCUT2D eigenvalue weighted by Crippen LogP contribution is 2.51. The number of Topliss-reactive ketones (excluding diaryl/α,β-unsaturated/α-hetero) is 1. The Hall–Kier alpha value is -4.02. The average Bonchev–Trinajstić information content (AvgIpc) is 3.81. The number of benzene rings is 2. The molecule has 3 aliphatic rings. The summed E-state index contributed by atoms with van der Waals surface area (Å²) in [5.41, 5.74) is 3.77. The van der Waals surface area contributed by atoms with Crippen molar-refractivity contribution >= 4 is 21.9 Å². The van der Waals surface area contributed by atoms with Crippen LogP contribution in [-0.2, 0) is 16.4 Å². The largest absolute Gasteiger partial charge is 0.291 e. The Bertz CT molecular complexity index is 1860. The number of nitrogens with zero attached hydrogens (tertiary/aromatic N) is 4. The first-order chi connectivity index (χ1) is 21.2. The van der Waals surface area contributed by atoms with Gasteiger partial charge in [0.15, 0.2) is 5.78 Å². The lowest BCUT2D eigenvalue weighted by molar-refractivity contribution is 0.0739. The number of allylic oxidation sites excluding steroid dienone is 1. The van der Waals surface area contributed by atoms with Gasteiger partial charge < -0.3 is 0 Å². The molecule has 226 valence electrons. The molecule has 2 heterocycles. The zero-order valence-corrected chi connectivity index (χ0v) is 25.1. The standard InChI is InChI=1S/C34H32F2N4O3S/c1-2-39(44(42,43)30-14-9-27(36)10-15-30)29-11-6-25-17-32-24(21-38-40(32)28-12-7-26(35)8-13-28)18-34(25,19-29)33(41)31-16-5-23(20-37-31)22-3-4-22/h5,7-10,12-17,20-22,29H,2-4,6,11,18-19H2,1H3/t29-,34-/m0/s1. The molecule has 2 atom stereocenters. The number of ketones is 1. The number of pyridine rings is 1. The van der Waals surface area contributed by atoms with Gasteiger partial charge in [-0.25, -0.2) is 21.9 Å². The number of aromatic nitrogens is 3. The van der Waals surface area contributed by atoms with Crippen molar-refractivity contribution in [1.82, 2.24) is 19.1 Å². The summed E-state index contributed by atoms with van der Waals surface area (Å²) in [6.07, 6.45) is 9.43. The van der Waals surface area contributed by atoms with Gasteiger partial charge in [0.25, 0.3) is 0 Å². The molecule has 3 aliphatic carbocycles. The van der Waals surface area contributed by atoms with Crippen LogP contribution in [0.4, 0.5) is 8.78 Å². The summed E-state index contributed by atoms with van der Waals surface area (Å²) < 4.78 is 58.1. The Morgan fingerprint density at radius 2 is 1.68 bits per heavy atom. The minimum Gasteiger partial charge on any atom is -0.291 e. The van der Waals surface area contributed by atoms with Gasteiger partial charge in [0, 0.05) is 18.8 Å². The van der Waals surface area contributed by atoms with Crippen LogP contribution in [0, 0.1) is 17.0 Å². The maximum Gasteiger partial charge on any atom is 0.243 e. The molecule has 10 heteroatoms. The molecule has 0 unspecified atom stereocenters. The van der Waals surface area contributed by atoms with E-state index in [0.717, 1.165) is 47.4 Å². The zero-order chi connectivity index (χ0) is 30.6. The van der Waals surface area contributed by atoms with Crippen LogP contribution >= 0.6 is 0 Å². The van der Waals surface area contributed by atoms with Crippen LogP contribution < -0.4 is 0 Å². The quantitative estimate of drug-likeness (QED) is 0.212. The average molecular weight is 615 g/mol. The van der Waals surface area contributed by atoms with E-state index in [1.165, 1.54) is 28.6 Å². The van der Waals surface area contributed by atoms with Crippen molar-refractivity contribution in [2.24, 2.45) is 5.41 Å². The van der Waals surface area contributed by atoms with Gasteiger partial charge in [0.2, 0.25) is 10.0 Å². The molecule has 44 heavy (non-hydrogen) atoms. The number of sulfonamides is 1. The smallest absolute Gasteiger partial charge is 0.243 e. The third-order valence-electron chi connectivity index (χ3n) is 9.35. The molecular weight excluding hydrogens is 582 g/mol. The molecule has 0 bridgehead atoms. The Labute approximate surface area is 255 Å². The van der Waals surface area contributed by atoms with E-state index in [2.05, 4.69) is 10.1 Å². The number of fused-ring (bicyclic) bond motifs is 2. The van der Waals surface area contributed by atoms with Crippen molar-refractivity contribution in [1.29, 1.82) is 0 Å². The van der Waals surface area contributed by atoms with Crippen LogP contribution in [0.25, 0.3) is 11.8 Å². The summed E-state index contributed by atoms with van der Waals surface area (Å²) in [6, 6.07) is 14.3. The van der Waals surface area contributed by atoms with Crippen molar-refractivity contribution in [3.8, 4) is 5.69 Å². The lowest BCUT2D eigenvalue weighted by Crippen LogP contribution is -2.50. The van der Waals surface area contributed by atoms with Gasteiger partial charge in [0.1, 0.15) is 17.3 Å². The Morgan fingerprint density at radius 3 is 2.32 bits per heavy atom. The SMILES string of the molecule is CCN([C@H]1CCC2=Cc3c(cnn3-c3ccc(F)cc3)C[C@]2(C(=O)c2ccc(C3CC3)cn2)C1)S(=O)(=O)c1ccc(F)cc1. The fourth-order valence-corrected chi connectivity index (χ4v) is 8.59. The summed E-state index contributed by atoms with van der Waals surface area (Å²) in [6.45, 7) is 1.99. The fourth-order valence-electron chi connectivity index (χ4n) is 6.93. The second-order valence-corrected chi connectivity index (χ2v) is 13.9. The Kier molecular flexibility index (Phi) is 7.09. The number of hydrogen-bond acceptors (Lipinski definition) is 5. The molecule has 2 saturated carbocycles. The van der Waals surface area contributed by atoms with Crippen molar-refractivity contribution in [3.63, 3.8) is 0 Å². The van der Waals surface area contributed by atoms with E-state index >= 15 is 0 Å². The predicted octanol–water partition coefficient (Wildman–Crippen LogP) is 6.50. The normalized spacial score (nSPS) is 21.5. The molecule has 0 saturated heterocycles. The van der Waals surface area contributed by atoms with E-state index in [1.807, 2.05) is 12.1 Å². The van der Waals surface area contributed by atoms with Crippen LogP contribution in [0.5, 0.6) is 0 Å². The maximum absolute atomic E-state index is 14.6. The van der Waals surface area contributed by atoms with Crippen LogP contribution in [-0.4, -0.2) is 45.9 Å². The highest BCUT2D eigenvalue weighted by molar-refractivity contribution is 7.89. The molecule has 0 amide bonds. The molecular formula is C34H32F2N4O3S. The van der Waals surface area contributed by atoms with Gasteiger partial charge in [-0.05, 0) is 116 Å². The van der Waals surface area contributed by atoms with E-state index in [-0.39, 0.29) is 29.5 Å². The van der Waals surface area contributed by atoms with Gasteiger partial charge in [-0.2, -0.15) is 9.40 Å². The van der Waals surface area contributed by atoms with Crippen LogP contribution in [0.15, 0.2) is 83.5 Å². The van der Waals surface area contributed by atoms with E-state index in [4.69, 9.17) is 0 Å². The second-order valence-electron chi connectivity index (χ2n) is 12.0. The number of hydrogen-bond donors (Lipinski definition) is 0. The second kappa shape index (κ2) is 10.9. The van der Waals surface area contributed by atoms with Crippen molar-refractivity contribution in [3.05, 3.63) is 113 Å². The number of carbonyl (C=O) groups excluding carboxylic acids is 1. The monoisotopic (exact) mass is 614 g/mol. The van der Waals surface area contributed by atoms with Gasteiger partial charge >= 0.3 is 0 Å². The minimum atomic E-state index is -3.95. The first-order valence-electron chi connectivity index (χ1n) is 15.0. The van der Waals surface area contributed by atoms with Crippen molar-refractivity contribution < 1.29 is 22.0 Å². The first-order valence-corrected chi connectivity index (χ1v) is 16.5. The number of rotatable bonds is 8. The summed E-state index contributed by atoms with van der Waals surface area (Å²) in [4.78, 5) is 19.2. The highest BCUT2D eigenvalue weighted by atomic mass is 32.2. The van der Waals surface area contributed by atoms with E-state index in [0.29, 0.717) is 36.6 Å². The van der Waals surface area contributed by atoms with Gasteiger partial charge in [-0.3, -0.25) is 9.78 Å². The molecule has 2 fully saturated rings. The van der Waals surface area contributed by atoms with Gasteiger partial charge in [-0.1, -0.05) is 18.6 Å². The van der Waals surface area contributed by atoms with Crippen LogP contribution in [0.1, 0.15) is 72.3 Å². The lowest BCUT2D eigenvalue weighted by Gasteiger charge is -2.46. The van der Waals surface area contributed by atoms with Gasteiger partial charge in [-0.15, -0.1) is 0 Å². The minimum absolute atomic E-state index is 0.0197. The first kappa shape index (κ1) is 28.7. The Morgan fingerprint density at radius 1 is 0.977 bits per heavy atom. The molecule has 0 spiro atoms. The Balaban J connectivity index is 1.29. The molecule has 0 aliphatic heterocycles. The summed E-state index contributed by atoms with van der Waals surface area (Å²) in [5, 5.41) is 4.60. The lowest BCUT2D eigenvalue weighted by atomic mass is 9.60. The molecule has 4 aromatic rings. The van der Waals surface area contributed by atoms with E-state index in [9.17, 15) is 22.0 Å². The summed E-state index contributed by atoms with van der Waals surface area (Å²) in [7, 11) is -3.95. The van der Waals surface area contributed by atoms with Crippen molar-refractivity contribution in [2.45, 2.75) is 62.3 Å². The number of carbonyl (C=O) groups is 1. The summed E-state index contributed by atoms with van der Waals surface area (Å²) in [5.74, 6) is -0.481. The van der Waals surface area contributed by atoms with E-state index in [1.54, 1.807) is 42.2 Å². The maximum atomic E-state index is 14.6.